The van der Waals surface area contributed by atoms with Crippen LogP contribution in [0.15, 0.2) is 48.6 Å². The van der Waals surface area contributed by atoms with Gasteiger partial charge in [0.2, 0.25) is 0 Å². The van der Waals surface area contributed by atoms with Crippen LogP contribution < -0.4 is 0 Å². The van der Waals surface area contributed by atoms with Gasteiger partial charge in [-0.3, -0.25) is 0 Å². The minimum absolute atomic E-state index is 0. The fourth-order valence-corrected chi connectivity index (χ4v) is 0. The molecule has 0 aliphatic heterocycles. The molecule has 0 rings (SSSR count). The van der Waals surface area contributed by atoms with Crippen molar-refractivity contribution in [3.63, 3.8) is 0 Å². The number of rotatable bonds is 4. The minimum atomic E-state index is -0.935. The van der Waals surface area contributed by atoms with Crippen LogP contribution in [-0.2, 0) is 40.2 Å². The van der Waals surface area contributed by atoms with E-state index in [9.17, 15) is 19.2 Å². The van der Waals surface area contributed by atoms with Crippen molar-refractivity contribution in [2.24, 2.45) is 0 Å². The fraction of sp³-hybridized carbons (Fsp3) is 0.250. The molecule has 0 aliphatic rings. The molecule has 0 saturated carbocycles. The Balaban J connectivity index is -0.0000000702. The van der Waals surface area contributed by atoms with Crippen molar-refractivity contribution in [1.82, 2.24) is 0 Å². The third-order valence-electron chi connectivity index (χ3n) is 1.46. The number of aliphatic carboxylic acids is 4. The zero-order valence-corrected chi connectivity index (χ0v) is 17.6. The van der Waals surface area contributed by atoms with Gasteiger partial charge in [-0.25, -0.2) is 19.2 Å². The molecule has 0 aliphatic carbocycles. The maximum Gasteiger partial charge on any atom is 0.330 e. The van der Waals surface area contributed by atoms with E-state index in [2.05, 4.69) is 26.3 Å². The predicted molar refractivity (Wildman–Crippen MR) is 89.8 cm³/mol. The molecule has 4 N–H and O–H groups in total. The normalized spacial score (nSPS) is 7.20. The summed E-state index contributed by atoms with van der Waals surface area (Å²) >= 11 is 0. The van der Waals surface area contributed by atoms with Crippen LogP contribution in [0, 0.1) is 0 Å². The summed E-state index contributed by atoms with van der Waals surface area (Å²) in [6.07, 6.45) is 0. The molecule has 0 unspecified atom stereocenters. The van der Waals surface area contributed by atoms with E-state index in [1.54, 1.807) is 0 Å². The van der Waals surface area contributed by atoms with Crippen LogP contribution >= 0.6 is 0 Å². The zero-order valence-electron chi connectivity index (χ0n) is 14.7. The van der Waals surface area contributed by atoms with Crippen molar-refractivity contribution >= 4 is 23.9 Å². The van der Waals surface area contributed by atoms with E-state index in [-0.39, 0.29) is 43.4 Å². The van der Waals surface area contributed by atoms with Gasteiger partial charge in [0, 0.05) is 43.4 Å². The second-order valence-electron chi connectivity index (χ2n) is 4.34. The van der Waals surface area contributed by atoms with E-state index < -0.39 is 23.9 Å². The van der Waals surface area contributed by atoms with Crippen LogP contribution in [0.3, 0.4) is 0 Å². The van der Waals surface area contributed by atoms with Gasteiger partial charge >= 0.3 is 23.9 Å². The standard InChI is InChI=1S/4C4H6O2.W/c4*1-3(2)4(5)6;/h4*1H2,2H3,(H,5,6);. The van der Waals surface area contributed by atoms with Crippen molar-refractivity contribution in [2.75, 3.05) is 0 Å². The number of hydrogen-bond acceptors (Lipinski definition) is 4. The summed E-state index contributed by atoms with van der Waals surface area (Å²) in [5, 5.41) is 31.6. The first kappa shape index (κ1) is 34.0. The second kappa shape index (κ2) is 19.6. The molecule has 0 bridgehead atoms. The van der Waals surface area contributed by atoms with Gasteiger partial charge in [-0.2, -0.15) is 0 Å². The molecule has 0 aromatic rings. The van der Waals surface area contributed by atoms with Gasteiger partial charge < -0.3 is 20.4 Å². The first-order valence-corrected chi connectivity index (χ1v) is 6.13. The number of carboxylic acid groups (broad SMARTS) is 4. The zero-order chi connectivity index (χ0) is 20.6. The van der Waals surface area contributed by atoms with Crippen LogP contribution in [0.25, 0.3) is 0 Å². The molecule has 0 spiro atoms. The van der Waals surface area contributed by atoms with Crippen LogP contribution in [0.2, 0.25) is 0 Å². The molecule has 0 amide bonds. The summed E-state index contributed by atoms with van der Waals surface area (Å²) in [4.78, 5) is 38.4. The summed E-state index contributed by atoms with van der Waals surface area (Å²) in [5.41, 5.74) is 0.704. The Hall–Kier alpha value is -2.47. The van der Waals surface area contributed by atoms with E-state index in [4.69, 9.17) is 20.4 Å². The molecule has 0 aromatic heterocycles. The van der Waals surface area contributed by atoms with Gasteiger partial charge in [0.15, 0.2) is 0 Å². The van der Waals surface area contributed by atoms with Gasteiger partial charge in [-0.1, -0.05) is 26.3 Å². The van der Waals surface area contributed by atoms with Crippen LogP contribution in [0.5, 0.6) is 0 Å². The third-order valence-corrected chi connectivity index (χ3v) is 1.46. The summed E-state index contributed by atoms with van der Waals surface area (Å²) in [7, 11) is 0. The van der Waals surface area contributed by atoms with E-state index >= 15 is 0 Å². The van der Waals surface area contributed by atoms with Crippen molar-refractivity contribution in [3.8, 4) is 0 Å². The molecule has 8 nitrogen and oxygen atoms in total. The number of hydrogen-bond donors (Lipinski definition) is 4. The molecule has 0 fully saturated rings. The molecular weight excluding hydrogens is 504 g/mol. The molecule has 0 heterocycles. The molecular formula is C16H24O8W. The SMILES string of the molecule is C=C(C)C(=O)O.C=C(C)C(=O)O.C=C(C)C(=O)O.C=C(C)C(=O)O.[W]. The van der Waals surface area contributed by atoms with Crippen LogP contribution in [-0.4, -0.2) is 44.3 Å². The molecule has 9 heteroatoms. The van der Waals surface area contributed by atoms with Crippen molar-refractivity contribution in [2.45, 2.75) is 27.7 Å². The molecule has 0 aromatic carbocycles. The Labute approximate surface area is 161 Å². The van der Waals surface area contributed by atoms with Crippen molar-refractivity contribution < 1.29 is 60.7 Å². The Morgan fingerprint density at radius 3 is 0.520 bits per heavy atom. The van der Waals surface area contributed by atoms with Crippen molar-refractivity contribution in [1.29, 1.82) is 0 Å². The maximum absolute atomic E-state index is 9.60. The van der Waals surface area contributed by atoms with Gasteiger partial charge in [-0.15, -0.1) is 0 Å². The predicted octanol–water partition coefficient (Wildman–Crippen LogP) is 2.59. The first-order chi connectivity index (χ1) is 10.6. The molecule has 142 valence electrons. The van der Waals surface area contributed by atoms with Gasteiger partial charge in [0.1, 0.15) is 0 Å². The van der Waals surface area contributed by atoms with Crippen LogP contribution in [0.4, 0.5) is 0 Å². The molecule has 0 radical (unpaired) electrons. The van der Waals surface area contributed by atoms with Crippen LogP contribution in [0.1, 0.15) is 27.7 Å². The Bertz CT molecular complexity index is 388. The Kier molecular flexibility index (Phi) is 26.6. The average Bonchev–Trinajstić information content (AvgIpc) is 2.40. The summed E-state index contributed by atoms with van der Waals surface area (Å²) < 4.78 is 0. The average molecular weight is 528 g/mol. The summed E-state index contributed by atoms with van der Waals surface area (Å²) in [6, 6.07) is 0. The minimum Gasteiger partial charge on any atom is -0.478 e. The third kappa shape index (κ3) is 44.9. The van der Waals surface area contributed by atoms with E-state index in [1.807, 2.05) is 0 Å². The van der Waals surface area contributed by atoms with Gasteiger partial charge in [-0.05, 0) is 27.7 Å². The quantitative estimate of drug-likeness (QED) is 0.407. The molecule has 0 saturated heterocycles. The molecule has 0 atom stereocenters. The Morgan fingerprint density at radius 2 is 0.520 bits per heavy atom. The summed E-state index contributed by atoms with van der Waals surface area (Å²) in [5.74, 6) is -3.74. The van der Waals surface area contributed by atoms with Crippen molar-refractivity contribution in [3.05, 3.63) is 48.6 Å². The first-order valence-electron chi connectivity index (χ1n) is 6.13. The smallest absolute Gasteiger partial charge is 0.330 e. The fourth-order valence-electron chi connectivity index (χ4n) is 0. The van der Waals surface area contributed by atoms with E-state index in [1.165, 1.54) is 27.7 Å². The topological polar surface area (TPSA) is 149 Å². The number of carboxylic acids is 4. The van der Waals surface area contributed by atoms with E-state index in [0.717, 1.165) is 0 Å². The van der Waals surface area contributed by atoms with E-state index in [0.29, 0.717) is 0 Å². The Morgan fingerprint density at radius 1 is 0.480 bits per heavy atom. The summed E-state index contributed by atoms with van der Waals surface area (Å²) in [6.45, 7) is 18.4. The molecule has 25 heavy (non-hydrogen) atoms. The maximum atomic E-state index is 9.60. The second-order valence-corrected chi connectivity index (χ2v) is 4.34. The van der Waals surface area contributed by atoms with Gasteiger partial charge in [0.05, 0.1) is 0 Å². The monoisotopic (exact) mass is 528 g/mol. The van der Waals surface area contributed by atoms with Gasteiger partial charge in [0.25, 0.3) is 0 Å². The largest absolute Gasteiger partial charge is 0.478 e. The number of carbonyl (C=O) groups is 4.